The summed E-state index contributed by atoms with van der Waals surface area (Å²) in [5, 5.41) is 14.4. The van der Waals surface area contributed by atoms with E-state index in [0.29, 0.717) is 30.9 Å². The van der Waals surface area contributed by atoms with Crippen molar-refractivity contribution in [3.8, 4) is 5.75 Å². The van der Waals surface area contributed by atoms with E-state index >= 15 is 0 Å². The number of benzene rings is 1. The summed E-state index contributed by atoms with van der Waals surface area (Å²) in [5.41, 5.74) is 1.80. The number of urea groups is 1. The number of aromatic nitrogens is 3. The quantitative estimate of drug-likeness (QED) is 0.573. The maximum Gasteiger partial charge on any atom is 0.573 e. The van der Waals surface area contributed by atoms with Gasteiger partial charge in [0.2, 0.25) is 5.91 Å². The summed E-state index contributed by atoms with van der Waals surface area (Å²) in [4.78, 5) is 28.2. The molecule has 3 heterocycles. The molecular formula is C28H33F3N6O3. The van der Waals surface area contributed by atoms with Crippen molar-refractivity contribution in [1.82, 2.24) is 30.3 Å². The molecule has 1 aromatic heterocycles. The van der Waals surface area contributed by atoms with Gasteiger partial charge in [-0.25, -0.2) is 4.79 Å². The Morgan fingerprint density at radius 2 is 1.93 bits per heavy atom. The van der Waals surface area contributed by atoms with Crippen LogP contribution in [0.1, 0.15) is 50.8 Å². The Bertz CT molecular complexity index is 1360. The van der Waals surface area contributed by atoms with Gasteiger partial charge in [0.15, 0.2) is 5.82 Å². The van der Waals surface area contributed by atoms with Gasteiger partial charge in [-0.15, -0.1) is 23.4 Å². The molecule has 3 aliphatic rings. The lowest BCUT2D eigenvalue weighted by atomic mass is 9.73. The highest BCUT2D eigenvalue weighted by atomic mass is 19.4. The molecule has 0 bridgehead atoms. The van der Waals surface area contributed by atoms with E-state index in [0.717, 1.165) is 36.4 Å². The zero-order valence-corrected chi connectivity index (χ0v) is 22.7. The van der Waals surface area contributed by atoms with Crippen LogP contribution in [0.15, 0.2) is 42.0 Å². The van der Waals surface area contributed by atoms with Crippen molar-refractivity contribution >= 4 is 17.5 Å². The zero-order valence-electron chi connectivity index (χ0n) is 22.7. The first-order valence-corrected chi connectivity index (χ1v) is 13.4. The standard InChI is InChI=1S/C28H33F3N6O3/c1-27(2,3)33-26(39)36-13-11-20-19(17-6-4-7-18(14-17)40-28(29,30)31)9-10-21(22(20)16-36)25(38)32-15-24-35-34-23-8-5-12-37(23)24/h4,6-7,9-10,14,21-22H,5,8,11-13,15-16H2,1-3H3,(H,32,38)(H,33,39). The minimum absolute atomic E-state index is 0.208. The van der Waals surface area contributed by atoms with Crippen LogP contribution < -0.4 is 15.4 Å². The third-order valence-corrected chi connectivity index (χ3v) is 7.32. The molecule has 40 heavy (non-hydrogen) atoms. The van der Waals surface area contributed by atoms with Gasteiger partial charge in [-0.05, 0) is 56.9 Å². The third-order valence-electron chi connectivity index (χ3n) is 7.32. The van der Waals surface area contributed by atoms with Crippen LogP contribution in [0.3, 0.4) is 0 Å². The molecular weight excluding hydrogens is 525 g/mol. The highest BCUT2D eigenvalue weighted by Gasteiger charge is 2.39. The fraction of sp³-hybridized carbons (Fsp3) is 0.500. The summed E-state index contributed by atoms with van der Waals surface area (Å²) in [6.45, 7) is 7.47. The molecule has 1 fully saturated rings. The van der Waals surface area contributed by atoms with Gasteiger partial charge in [0.05, 0.1) is 12.5 Å². The number of fused-ring (bicyclic) bond motifs is 2. The van der Waals surface area contributed by atoms with Gasteiger partial charge in [0.25, 0.3) is 0 Å². The Morgan fingerprint density at radius 3 is 2.67 bits per heavy atom. The lowest BCUT2D eigenvalue weighted by molar-refractivity contribution is -0.274. The molecule has 2 N–H and O–H groups in total. The monoisotopic (exact) mass is 558 g/mol. The van der Waals surface area contributed by atoms with Crippen LogP contribution in [0.4, 0.5) is 18.0 Å². The van der Waals surface area contributed by atoms with Crippen molar-refractivity contribution in [3.63, 3.8) is 0 Å². The molecule has 9 nitrogen and oxygen atoms in total. The molecule has 2 atom stereocenters. The average molecular weight is 559 g/mol. The molecule has 3 amide bonds. The molecule has 12 heteroatoms. The smallest absolute Gasteiger partial charge is 0.406 e. The highest BCUT2D eigenvalue weighted by molar-refractivity contribution is 5.87. The Balaban J connectivity index is 1.40. The number of allylic oxidation sites excluding steroid dienone is 2. The molecule has 0 spiro atoms. The van der Waals surface area contributed by atoms with Crippen molar-refractivity contribution in [2.45, 2.75) is 65.0 Å². The second-order valence-electron chi connectivity index (χ2n) is 11.4. The maximum absolute atomic E-state index is 13.5. The van der Waals surface area contributed by atoms with E-state index in [4.69, 9.17) is 0 Å². The van der Waals surface area contributed by atoms with E-state index in [9.17, 15) is 22.8 Å². The Morgan fingerprint density at radius 1 is 1.12 bits per heavy atom. The largest absolute Gasteiger partial charge is 0.573 e. The minimum Gasteiger partial charge on any atom is -0.406 e. The molecule has 1 saturated heterocycles. The average Bonchev–Trinajstić information content (AvgIpc) is 3.49. The number of ether oxygens (including phenoxy) is 1. The lowest BCUT2D eigenvalue weighted by Crippen LogP contribution is -2.53. The minimum atomic E-state index is -4.80. The zero-order chi connectivity index (χ0) is 28.7. The normalized spacial score (nSPS) is 20.7. The molecule has 2 unspecified atom stereocenters. The number of amides is 3. The van der Waals surface area contributed by atoms with Gasteiger partial charge < -0.3 is 24.8 Å². The van der Waals surface area contributed by atoms with Crippen molar-refractivity contribution in [1.29, 1.82) is 0 Å². The van der Waals surface area contributed by atoms with E-state index in [1.165, 1.54) is 18.2 Å². The SMILES string of the molecule is CC(C)(C)NC(=O)N1CCC2=C(c3cccc(OC(F)(F)F)c3)C=CC(C(=O)NCc3nnc4n3CCC4)C2C1. The third kappa shape index (κ3) is 6.15. The fourth-order valence-electron chi connectivity index (χ4n) is 5.61. The number of halogens is 3. The van der Waals surface area contributed by atoms with Gasteiger partial charge >= 0.3 is 12.4 Å². The molecule has 0 radical (unpaired) electrons. The van der Waals surface area contributed by atoms with Crippen molar-refractivity contribution < 1.29 is 27.5 Å². The number of nitrogens with zero attached hydrogens (tertiary/aromatic N) is 4. The van der Waals surface area contributed by atoms with Crippen LogP contribution in [0.2, 0.25) is 0 Å². The van der Waals surface area contributed by atoms with Crippen LogP contribution in [-0.4, -0.2) is 56.6 Å². The molecule has 5 rings (SSSR count). The first kappa shape index (κ1) is 27.7. The number of hydrogen-bond donors (Lipinski definition) is 2. The number of likely N-dealkylation sites (tertiary alicyclic amines) is 1. The van der Waals surface area contributed by atoms with E-state index in [2.05, 4.69) is 25.6 Å². The molecule has 1 aliphatic carbocycles. The van der Waals surface area contributed by atoms with Crippen LogP contribution in [0.5, 0.6) is 5.75 Å². The molecule has 2 aromatic rings. The van der Waals surface area contributed by atoms with Gasteiger partial charge in [0.1, 0.15) is 11.6 Å². The topological polar surface area (TPSA) is 101 Å². The fourth-order valence-corrected chi connectivity index (χ4v) is 5.61. The summed E-state index contributed by atoms with van der Waals surface area (Å²) in [6, 6.07) is 5.61. The van der Waals surface area contributed by atoms with Crippen LogP contribution in [0, 0.1) is 11.8 Å². The Labute approximate surface area is 230 Å². The predicted molar refractivity (Wildman–Crippen MR) is 141 cm³/mol. The van der Waals surface area contributed by atoms with E-state index in [-0.39, 0.29) is 30.2 Å². The highest BCUT2D eigenvalue weighted by Crippen LogP contribution is 2.41. The Hall–Kier alpha value is -3.83. The van der Waals surface area contributed by atoms with E-state index < -0.39 is 17.8 Å². The number of carbonyl (C=O) groups excluding carboxylic acids is 2. The maximum atomic E-state index is 13.5. The Kier molecular flexibility index (Phi) is 7.36. The summed E-state index contributed by atoms with van der Waals surface area (Å²) >= 11 is 0. The summed E-state index contributed by atoms with van der Waals surface area (Å²) in [7, 11) is 0. The number of nitrogens with one attached hydrogen (secondary N) is 2. The number of rotatable bonds is 5. The first-order valence-electron chi connectivity index (χ1n) is 13.4. The lowest BCUT2D eigenvalue weighted by Gasteiger charge is -2.41. The summed E-state index contributed by atoms with van der Waals surface area (Å²) < 4.78 is 44.7. The van der Waals surface area contributed by atoms with Crippen LogP contribution in [0.25, 0.3) is 5.57 Å². The van der Waals surface area contributed by atoms with Gasteiger partial charge in [-0.1, -0.05) is 29.9 Å². The van der Waals surface area contributed by atoms with Gasteiger partial charge in [-0.3, -0.25) is 4.79 Å². The van der Waals surface area contributed by atoms with Crippen molar-refractivity contribution in [2.24, 2.45) is 11.8 Å². The number of aryl methyl sites for hydroxylation is 1. The van der Waals surface area contributed by atoms with Crippen molar-refractivity contribution in [3.05, 3.63) is 59.2 Å². The van der Waals surface area contributed by atoms with E-state index in [1.54, 1.807) is 23.1 Å². The number of hydrogen-bond acceptors (Lipinski definition) is 5. The molecule has 0 saturated carbocycles. The first-order chi connectivity index (χ1) is 18.9. The van der Waals surface area contributed by atoms with Crippen LogP contribution in [-0.2, 0) is 24.3 Å². The summed E-state index contributed by atoms with van der Waals surface area (Å²) in [5.74, 6) is 0.177. The molecule has 214 valence electrons. The van der Waals surface area contributed by atoms with Gasteiger partial charge in [0, 0.05) is 37.5 Å². The van der Waals surface area contributed by atoms with Crippen LogP contribution >= 0.6 is 0 Å². The van der Waals surface area contributed by atoms with Crippen molar-refractivity contribution in [2.75, 3.05) is 13.1 Å². The molecule has 1 aromatic carbocycles. The number of piperidine rings is 1. The van der Waals surface area contributed by atoms with E-state index in [1.807, 2.05) is 25.3 Å². The predicted octanol–water partition coefficient (Wildman–Crippen LogP) is 4.21. The summed E-state index contributed by atoms with van der Waals surface area (Å²) in [6.07, 6.45) is 1.11. The molecule has 2 aliphatic heterocycles. The second kappa shape index (κ2) is 10.6. The number of alkyl halides is 3. The number of carbonyl (C=O) groups is 2. The second-order valence-corrected chi connectivity index (χ2v) is 11.4. The van der Waals surface area contributed by atoms with Gasteiger partial charge in [-0.2, -0.15) is 0 Å².